The zero-order valence-electron chi connectivity index (χ0n) is 10.6. The molecule has 0 aliphatic rings. The average Bonchev–Trinajstić information content (AvgIpc) is 2.47. The first-order chi connectivity index (χ1) is 9.31. The van der Waals surface area contributed by atoms with E-state index in [9.17, 15) is 0 Å². The monoisotopic (exact) mass is 254 g/mol. The molecule has 1 aromatic carbocycles. The van der Waals surface area contributed by atoms with Crippen LogP contribution in [0.1, 0.15) is 19.0 Å². The molecule has 0 unspecified atom stereocenters. The quantitative estimate of drug-likeness (QED) is 0.888. The number of aromatic nitrogens is 2. The first kappa shape index (κ1) is 12.8. The average molecular weight is 254 g/mol. The molecule has 0 saturated heterocycles. The molecule has 2 aromatic rings. The molecule has 96 valence electrons. The lowest BCUT2D eigenvalue weighted by molar-refractivity contribution is 0.317. The van der Waals surface area contributed by atoms with Gasteiger partial charge in [-0.1, -0.05) is 6.92 Å². The lowest BCUT2D eigenvalue weighted by Crippen LogP contribution is -1.98. The smallest absolute Gasteiger partial charge is 0.228 e. The van der Waals surface area contributed by atoms with Crippen LogP contribution in [0.5, 0.6) is 5.75 Å². The molecule has 0 atom stereocenters. The maximum Gasteiger partial charge on any atom is 0.228 e. The van der Waals surface area contributed by atoms with Crippen LogP contribution in [0.3, 0.4) is 0 Å². The van der Waals surface area contributed by atoms with E-state index in [0.29, 0.717) is 18.2 Å². The van der Waals surface area contributed by atoms with Gasteiger partial charge in [0.1, 0.15) is 17.5 Å². The molecular formula is C14H14N4O. The molecule has 19 heavy (non-hydrogen) atoms. The van der Waals surface area contributed by atoms with Crippen molar-refractivity contribution in [2.75, 3.05) is 11.9 Å². The normalized spacial score (nSPS) is 9.68. The maximum atomic E-state index is 8.76. The van der Waals surface area contributed by atoms with Crippen LogP contribution in [-0.2, 0) is 0 Å². The number of hydrogen-bond donors (Lipinski definition) is 1. The lowest BCUT2D eigenvalue weighted by atomic mass is 10.3. The molecule has 0 saturated carbocycles. The summed E-state index contributed by atoms with van der Waals surface area (Å²) >= 11 is 0. The Labute approximate surface area is 111 Å². The summed E-state index contributed by atoms with van der Waals surface area (Å²) in [6.45, 7) is 2.77. The number of rotatable bonds is 5. The third-order valence-electron chi connectivity index (χ3n) is 2.35. The van der Waals surface area contributed by atoms with Crippen molar-refractivity contribution in [2.45, 2.75) is 13.3 Å². The Morgan fingerprint density at radius 2 is 2.05 bits per heavy atom. The molecule has 1 heterocycles. The fraction of sp³-hybridized carbons (Fsp3) is 0.214. The van der Waals surface area contributed by atoms with Gasteiger partial charge in [-0.15, -0.1) is 0 Å². The highest BCUT2D eigenvalue weighted by Gasteiger charge is 2.00. The minimum absolute atomic E-state index is 0.334. The van der Waals surface area contributed by atoms with Gasteiger partial charge in [0.2, 0.25) is 5.95 Å². The highest BCUT2D eigenvalue weighted by atomic mass is 16.5. The summed E-state index contributed by atoms with van der Waals surface area (Å²) in [6.07, 6.45) is 2.53. The van der Waals surface area contributed by atoms with Gasteiger partial charge in [-0.3, -0.25) is 0 Å². The zero-order valence-corrected chi connectivity index (χ0v) is 10.6. The molecule has 0 radical (unpaired) electrons. The van der Waals surface area contributed by atoms with Crippen molar-refractivity contribution in [1.29, 1.82) is 5.26 Å². The maximum absolute atomic E-state index is 8.76. The number of nitrogens with one attached hydrogen (secondary N) is 1. The van der Waals surface area contributed by atoms with Crippen LogP contribution < -0.4 is 10.1 Å². The van der Waals surface area contributed by atoms with Crippen molar-refractivity contribution in [3.8, 4) is 11.8 Å². The number of benzene rings is 1. The third-order valence-corrected chi connectivity index (χ3v) is 2.35. The minimum atomic E-state index is 0.334. The summed E-state index contributed by atoms with van der Waals surface area (Å²) in [6, 6.07) is 11.1. The molecular weight excluding hydrogens is 240 g/mol. The van der Waals surface area contributed by atoms with Gasteiger partial charge in [0, 0.05) is 11.9 Å². The SMILES string of the molecule is CCCOc1ccc(Nc2nccc(C#N)n2)cc1. The zero-order chi connectivity index (χ0) is 13.5. The van der Waals surface area contributed by atoms with Gasteiger partial charge in [0.25, 0.3) is 0 Å². The van der Waals surface area contributed by atoms with E-state index in [1.165, 1.54) is 0 Å². The lowest BCUT2D eigenvalue weighted by Gasteiger charge is -2.07. The predicted molar refractivity (Wildman–Crippen MR) is 72.3 cm³/mol. The summed E-state index contributed by atoms with van der Waals surface area (Å²) in [5, 5.41) is 11.8. The third kappa shape index (κ3) is 3.68. The van der Waals surface area contributed by atoms with E-state index in [2.05, 4.69) is 22.2 Å². The Morgan fingerprint density at radius 3 is 2.74 bits per heavy atom. The molecule has 5 heteroatoms. The second-order valence-corrected chi connectivity index (χ2v) is 3.88. The molecule has 1 N–H and O–H groups in total. The van der Waals surface area contributed by atoms with Crippen LogP contribution in [0.4, 0.5) is 11.6 Å². The molecule has 0 fully saturated rings. The van der Waals surface area contributed by atoms with Crippen LogP contribution in [0.2, 0.25) is 0 Å². The fourth-order valence-corrected chi connectivity index (χ4v) is 1.46. The Balaban J connectivity index is 2.04. The summed E-state index contributed by atoms with van der Waals surface area (Å²) < 4.78 is 5.49. The van der Waals surface area contributed by atoms with E-state index in [1.807, 2.05) is 30.3 Å². The molecule has 1 aromatic heterocycles. The molecule has 0 amide bonds. The van der Waals surface area contributed by atoms with E-state index in [4.69, 9.17) is 10.00 Å². The number of nitrogens with zero attached hydrogens (tertiary/aromatic N) is 3. The summed E-state index contributed by atoms with van der Waals surface area (Å²) in [7, 11) is 0. The molecule has 5 nitrogen and oxygen atoms in total. The molecule has 0 bridgehead atoms. The Morgan fingerprint density at radius 1 is 1.26 bits per heavy atom. The molecule has 0 aliphatic heterocycles. The highest BCUT2D eigenvalue weighted by Crippen LogP contribution is 2.18. The van der Waals surface area contributed by atoms with E-state index in [0.717, 1.165) is 17.9 Å². The minimum Gasteiger partial charge on any atom is -0.494 e. The number of hydrogen-bond acceptors (Lipinski definition) is 5. The largest absolute Gasteiger partial charge is 0.494 e. The molecule has 0 spiro atoms. The number of anilines is 2. The van der Waals surface area contributed by atoms with Crippen LogP contribution >= 0.6 is 0 Å². The summed E-state index contributed by atoms with van der Waals surface area (Å²) in [4.78, 5) is 8.09. The molecule has 2 rings (SSSR count). The van der Waals surface area contributed by atoms with Crippen LogP contribution in [0, 0.1) is 11.3 Å². The van der Waals surface area contributed by atoms with Crippen molar-refractivity contribution in [3.05, 3.63) is 42.2 Å². The molecule has 0 aliphatic carbocycles. The van der Waals surface area contributed by atoms with Gasteiger partial charge in [-0.2, -0.15) is 5.26 Å². The van der Waals surface area contributed by atoms with Gasteiger partial charge < -0.3 is 10.1 Å². The van der Waals surface area contributed by atoms with Gasteiger partial charge in [-0.25, -0.2) is 9.97 Å². The second-order valence-electron chi connectivity index (χ2n) is 3.88. The summed E-state index contributed by atoms with van der Waals surface area (Å²) in [5.41, 5.74) is 1.18. The van der Waals surface area contributed by atoms with Crippen molar-refractivity contribution >= 4 is 11.6 Å². The van der Waals surface area contributed by atoms with E-state index in [-0.39, 0.29) is 0 Å². The predicted octanol–water partition coefficient (Wildman–Crippen LogP) is 2.88. The number of nitriles is 1. The van der Waals surface area contributed by atoms with E-state index in [1.54, 1.807) is 12.3 Å². The van der Waals surface area contributed by atoms with Gasteiger partial charge in [0.15, 0.2) is 0 Å². The number of ether oxygens (including phenoxy) is 1. The second kappa shape index (κ2) is 6.36. The summed E-state index contributed by atoms with van der Waals surface area (Å²) in [5.74, 6) is 1.24. The Kier molecular flexibility index (Phi) is 4.29. The highest BCUT2D eigenvalue weighted by molar-refractivity contribution is 5.54. The Hall–Kier alpha value is -2.61. The van der Waals surface area contributed by atoms with E-state index >= 15 is 0 Å². The topological polar surface area (TPSA) is 70.8 Å². The van der Waals surface area contributed by atoms with Crippen molar-refractivity contribution in [1.82, 2.24) is 9.97 Å². The first-order valence-electron chi connectivity index (χ1n) is 6.05. The van der Waals surface area contributed by atoms with Crippen LogP contribution in [0.15, 0.2) is 36.5 Å². The standard InChI is InChI=1S/C14H14N4O/c1-2-9-19-13-5-3-11(4-6-13)17-14-16-8-7-12(10-15)18-14/h3-8H,2,9H2,1H3,(H,16,17,18). The van der Waals surface area contributed by atoms with E-state index < -0.39 is 0 Å². The first-order valence-corrected chi connectivity index (χ1v) is 6.05. The van der Waals surface area contributed by atoms with Crippen molar-refractivity contribution in [2.24, 2.45) is 0 Å². The Bertz CT molecular complexity index is 575. The van der Waals surface area contributed by atoms with Gasteiger partial charge >= 0.3 is 0 Å². The van der Waals surface area contributed by atoms with Crippen LogP contribution in [-0.4, -0.2) is 16.6 Å². The van der Waals surface area contributed by atoms with Crippen LogP contribution in [0.25, 0.3) is 0 Å². The van der Waals surface area contributed by atoms with Gasteiger partial charge in [0.05, 0.1) is 6.61 Å². The van der Waals surface area contributed by atoms with Gasteiger partial charge in [-0.05, 0) is 36.8 Å². The fourth-order valence-electron chi connectivity index (χ4n) is 1.46. The van der Waals surface area contributed by atoms with Crippen molar-refractivity contribution in [3.63, 3.8) is 0 Å². The van der Waals surface area contributed by atoms with Crippen molar-refractivity contribution < 1.29 is 4.74 Å².